The number of amides is 1. The van der Waals surface area contributed by atoms with Crippen molar-refractivity contribution in [1.82, 2.24) is 5.32 Å². The van der Waals surface area contributed by atoms with Crippen molar-refractivity contribution in [1.29, 1.82) is 0 Å². The lowest BCUT2D eigenvalue weighted by Gasteiger charge is -2.14. The minimum atomic E-state index is -0.246. The van der Waals surface area contributed by atoms with E-state index in [1.165, 1.54) is 6.07 Å². The van der Waals surface area contributed by atoms with Crippen LogP contribution in [0.5, 0.6) is 0 Å². The molecule has 0 saturated heterocycles. The van der Waals surface area contributed by atoms with E-state index in [0.29, 0.717) is 24.3 Å². The number of hydrogen-bond donors (Lipinski definition) is 1. The third kappa shape index (κ3) is 4.35. The Morgan fingerprint density at radius 2 is 2.24 bits per heavy atom. The van der Waals surface area contributed by atoms with Crippen molar-refractivity contribution in [3.05, 3.63) is 35.1 Å². The van der Waals surface area contributed by atoms with E-state index in [1.807, 2.05) is 13.0 Å². The molecule has 0 spiro atoms. The maximum atomic E-state index is 13.3. The second kappa shape index (κ2) is 6.60. The van der Waals surface area contributed by atoms with E-state index in [4.69, 9.17) is 11.6 Å². The van der Waals surface area contributed by atoms with Gasteiger partial charge in [-0.2, -0.15) is 0 Å². The molecule has 17 heavy (non-hydrogen) atoms. The molecule has 1 N–H and O–H groups in total. The minimum Gasteiger partial charge on any atom is -0.350 e. The highest BCUT2D eigenvalue weighted by Gasteiger charge is 2.10. The second-order valence-electron chi connectivity index (χ2n) is 4.09. The van der Waals surface area contributed by atoms with Crippen molar-refractivity contribution < 1.29 is 9.18 Å². The first-order chi connectivity index (χ1) is 8.04. The third-order valence-corrected chi connectivity index (χ3v) is 2.88. The Morgan fingerprint density at radius 1 is 1.53 bits per heavy atom. The molecule has 4 heteroatoms. The molecule has 2 nitrogen and oxygen atoms in total. The summed E-state index contributed by atoms with van der Waals surface area (Å²) >= 11 is 5.51. The van der Waals surface area contributed by atoms with Gasteiger partial charge in [-0.15, -0.1) is 11.6 Å². The summed E-state index contributed by atoms with van der Waals surface area (Å²) in [5, 5.41) is 2.81. The normalized spacial score (nSPS) is 12.2. The van der Waals surface area contributed by atoms with Crippen LogP contribution >= 0.6 is 11.6 Å². The van der Waals surface area contributed by atoms with Crippen LogP contribution in [0.1, 0.15) is 36.9 Å². The molecule has 1 unspecified atom stereocenters. The van der Waals surface area contributed by atoms with Gasteiger partial charge in [0, 0.05) is 12.3 Å². The highest BCUT2D eigenvalue weighted by molar-refractivity contribution is 6.17. The summed E-state index contributed by atoms with van der Waals surface area (Å²) in [5.74, 6) is 0.171. The zero-order valence-electron chi connectivity index (χ0n) is 10.1. The molecule has 0 radical (unpaired) electrons. The first kappa shape index (κ1) is 14.0. The van der Waals surface area contributed by atoms with Gasteiger partial charge < -0.3 is 5.32 Å². The SMILES string of the molecule is Cc1ccc(C(C)NC(=O)CCCCl)cc1F. The van der Waals surface area contributed by atoms with Gasteiger partial charge in [0.2, 0.25) is 5.91 Å². The predicted molar refractivity (Wildman–Crippen MR) is 67.6 cm³/mol. The largest absolute Gasteiger partial charge is 0.350 e. The van der Waals surface area contributed by atoms with E-state index in [1.54, 1.807) is 13.0 Å². The second-order valence-corrected chi connectivity index (χ2v) is 4.47. The Hall–Kier alpha value is -1.09. The third-order valence-electron chi connectivity index (χ3n) is 2.61. The topological polar surface area (TPSA) is 29.1 Å². The molecule has 0 aliphatic rings. The van der Waals surface area contributed by atoms with E-state index >= 15 is 0 Å². The van der Waals surface area contributed by atoms with Crippen molar-refractivity contribution in [2.75, 3.05) is 5.88 Å². The molecule has 0 fully saturated rings. The van der Waals surface area contributed by atoms with Gasteiger partial charge in [0.05, 0.1) is 6.04 Å². The number of carbonyl (C=O) groups excluding carboxylic acids is 1. The lowest BCUT2D eigenvalue weighted by molar-refractivity contribution is -0.121. The summed E-state index contributed by atoms with van der Waals surface area (Å²) in [7, 11) is 0. The number of aryl methyl sites for hydroxylation is 1. The van der Waals surface area contributed by atoms with Crippen LogP contribution in [0, 0.1) is 12.7 Å². The molecule has 0 aliphatic carbocycles. The maximum absolute atomic E-state index is 13.3. The molecule has 1 atom stereocenters. The van der Waals surface area contributed by atoms with Crippen LogP contribution in [0.2, 0.25) is 0 Å². The van der Waals surface area contributed by atoms with E-state index in [-0.39, 0.29) is 17.8 Å². The number of rotatable bonds is 5. The van der Waals surface area contributed by atoms with Gasteiger partial charge in [-0.3, -0.25) is 4.79 Å². The number of nitrogens with one attached hydrogen (secondary N) is 1. The Morgan fingerprint density at radius 3 is 2.82 bits per heavy atom. The number of alkyl halides is 1. The van der Waals surface area contributed by atoms with Crippen LogP contribution in [0.4, 0.5) is 4.39 Å². The van der Waals surface area contributed by atoms with Crippen LogP contribution in [-0.4, -0.2) is 11.8 Å². The van der Waals surface area contributed by atoms with Crippen LogP contribution in [-0.2, 0) is 4.79 Å². The molecule has 0 aromatic heterocycles. The zero-order chi connectivity index (χ0) is 12.8. The molecule has 1 amide bonds. The highest BCUT2D eigenvalue weighted by atomic mass is 35.5. The first-order valence-electron chi connectivity index (χ1n) is 5.66. The van der Waals surface area contributed by atoms with Crippen LogP contribution in [0.15, 0.2) is 18.2 Å². The Kier molecular flexibility index (Phi) is 5.42. The molecule has 0 bridgehead atoms. The Balaban J connectivity index is 2.60. The van der Waals surface area contributed by atoms with Crippen molar-refractivity contribution in [3.8, 4) is 0 Å². The van der Waals surface area contributed by atoms with Crippen LogP contribution in [0.3, 0.4) is 0 Å². The quantitative estimate of drug-likeness (QED) is 0.806. The minimum absolute atomic E-state index is 0.0564. The lowest BCUT2D eigenvalue weighted by Crippen LogP contribution is -2.26. The first-order valence-corrected chi connectivity index (χ1v) is 6.19. The predicted octanol–water partition coefficient (Wildman–Crippen LogP) is 3.33. The molecule has 0 heterocycles. The number of halogens is 2. The van der Waals surface area contributed by atoms with Crippen molar-refractivity contribution >= 4 is 17.5 Å². The van der Waals surface area contributed by atoms with Gasteiger partial charge in [0.15, 0.2) is 0 Å². The van der Waals surface area contributed by atoms with Gasteiger partial charge in [-0.05, 0) is 37.5 Å². The molecule has 1 aromatic rings. The molecular formula is C13H17ClFNO. The molecule has 0 saturated carbocycles. The van der Waals surface area contributed by atoms with Crippen LogP contribution in [0.25, 0.3) is 0 Å². The Bertz CT molecular complexity index is 395. The van der Waals surface area contributed by atoms with Crippen molar-refractivity contribution in [3.63, 3.8) is 0 Å². The number of hydrogen-bond acceptors (Lipinski definition) is 1. The standard InChI is InChI=1S/C13H17ClFNO/c1-9-5-6-11(8-12(9)15)10(2)16-13(17)4-3-7-14/h5-6,8,10H,3-4,7H2,1-2H3,(H,16,17). The highest BCUT2D eigenvalue weighted by Crippen LogP contribution is 2.16. The van der Waals surface area contributed by atoms with E-state index in [0.717, 1.165) is 5.56 Å². The van der Waals surface area contributed by atoms with Gasteiger partial charge in [0.1, 0.15) is 5.82 Å². The smallest absolute Gasteiger partial charge is 0.220 e. The van der Waals surface area contributed by atoms with Crippen molar-refractivity contribution in [2.45, 2.75) is 32.7 Å². The summed E-state index contributed by atoms with van der Waals surface area (Å²) < 4.78 is 13.3. The number of carbonyl (C=O) groups is 1. The van der Waals surface area contributed by atoms with Gasteiger partial charge >= 0.3 is 0 Å². The lowest BCUT2D eigenvalue weighted by atomic mass is 10.1. The van der Waals surface area contributed by atoms with Gasteiger partial charge in [-0.1, -0.05) is 12.1 Å². The molecule has 1 aromatic carbocycles. The van der Waals surface area contributed by atoms with E-state index < -0.39 is 0 Å². The Labute approximate surface area is 106 Å². The molecular weight excluding hydrogens is 241 g/mol. The average molecular weight is 258 g/mol. The van der Waals surface area contributed by atoms with Gasteiger partial charge in [-0.25, -0.2) is 4.39 Å². The monoisotopic (exact) mass is 257 g/mol. The number of benzene rings is 1. The van der Waals surface area contributed by atoms with E-state index in [9.17, 15) is 9.18 Å². The fourth-order valence-electron chi connectivity index (χ4n) is 1.50. The molecule has 0 aliphatic heterocycles. The summed E-state index contributed by atoms with van der Waals surface area (Å²) in [4.78, 5) is 11.5. The summed E-state index contributed by atoms with van der Waals surface area (Å²) in [6.45, 7) is 3.55. The maximum Gasteiger partial charge on any atom is 0.220 e. The fraction of sp³-hybridized carbons (Fsp3) is 0.462. The average Bonchev–Trinajstić information content (AvgIpc) is 2.30. The summed E-state index contributed by atoms with van der Waals surface area (Å²) in [5.41, 5.74) is 1.38. The van der Waals surface area contributed by atoms with Crippen molar-refractivity contribution in [2.24, 2.45) is 0 Å². The molecule has 94 valence electrons. The van der Waals surface area contributed by atoms with E-state index in [2.05, 4.69) is 5.32 Å². The molecule has 1 rings (SSSR count). The fourth-order valence-corrected chi connectivity index (χ4v) is 1.64. The summed E-state index contributed by atoms with van der Waals surface area (Å²) in [6.07, 6.45) is 1.06. The zero-order valence-corrected chi connectivity index (χ0v) is 10.9. The van der Waals surface area contributed by atoms with Gasteiger partial charge in [0.25, 0.3) is 0 Å². The van der Waals surface area contributed by atoms with Crippen LogP contribution < -0.4 is 5.32 Å². The summed E-state index contributed by atoms with van der Waals surface area (Å²) in [6, 6.07) is 4.81.